The molecule has 41 heavy (non-hydrogen) atoms. The van der Waals surface area contributed by atoms with Gasteiger partial charge in [0.2, 0.25) is 0 Å². The minimum Gasteiger partial charge on any atom is -0.462 e. The van der Waals surface area contributed by atoms with Gasteiger partial charge in [-0.15, -0.1) is 0 Å². The molecule has 0 aromatic carbocycles. The molecule has 4 aliphatic carbocycles. The molecule has 1 N–H and O–H groups in total. The number of carbonyl (C=O) groups excluding carboxylic acids is 5. The SMILES string of the molecule is C=C1[C@@H]2C[C@H](OC(C)=O)[C@H]3[C@]4(C)[C@@H](OC(C)=O)C[C@H](O)C(C)(C)[C@H]4[C@H](OC(C)=O)[C@@H](OC(C)=O)[C@]3(C2)[C@@H]1OC(C)=O. The number of hydrogen-bond donors (Lipinski definition) is 1. The van der Waals surface area contributed by atoms with Crippen molar-refractivity contribution in [2.45, 2.75) is 111 Å². The highest BCUT2D eigenvalue weighted by atomic mass is 16.6. The highest BCUT2D eigenvalue weighted by Crippen LogP contribution is 2.74. The van der Waals surface area contributed by atoms with Crippen LogP contribution in [0, 0.1) is 34.0 Å². The van der Waals surface area contributed by atoms with Crippen LogP contribution in [0.3, 0.4) is 0 Å². The Morgan fingerprint density at radius 3 is 1.80 bits per heavy atom. The van der Waals surface area contributed by atoms with Gasteiger partial charge in [-0.1, -0.05) is 27.4 Å². The van der Waals surface area contributed by atoms with Gasteiger partial charge < -0.3 is 28.8 Å². The van der Waals surface area contributed by atoms with Gasteiger partial charge in [-0.2, -0.15) is 0 Å². The Hall–Kier alpha value is -2.95. The molecule has 4 aliphatic rings. The molecule has 1 spiro atoms. The summed E-state index contributed by atoms with van der Waals surface area (Å²) < 4.78 is 30.0. The van der Waals surface area contributed by atoms with E-state index in [2.05, 4.69) is 6.58 Å². The molecular weight excluding hydrogens is 536 g/mol. The largest absolute Gasteiger partial charge is 0.462 e. The zero-order valence-corrected chi connectivity index (χ0v) is 25.1. The summed E-state index contributed by atoms with van der Waals surface area (Å²) in [6.07, 6.45) is -5.23. The normalized spacial score (nSPS) is 42.2. The summed E-state index contributed by atoms with van der Waals surface area (Å²) in [7, 11) is 0. The number of hydrogen-bond acceptors (Lipinski definition) is 11. The third-order valence-corrected chi connectivity index (χ3v) is 10.2. The first-order chi connectivity index (χ1) is 18.9. The second-order valence-electron chi connectivity index (χ2n) is 13.1. The van der Waals surface area contributed by atoms with Gasteiger partial charge in [-0.25, -0.2) is 0 Å². The maximum atomic E-state index is 12.7. The van der Waals surface area contributed by atoms with Gasteiger partial charge in [0, 0.05) is 58.3 Å². The minimum atomic E-state index is -1.26. The van der Waals surface area contributed by atoms with E-state index in [0.29, 0.717) is 18.4 Å². The summed E-state index contributed by atoms with van der Waals surface area (Å²) in [6.45, 7) is 16.1. The quantitative estimate of drug-likeness (QED) is 0.291. The van der Waals surface area contributed by atoms with E-state index in [-0.39, 0.29) is 12.3 Å². The number of aliphatic hydroxyl groups excluding tert-OH is 1. The van der Waals surface area contributed by atoms with E-state index in [9.17, 15) is 29.1 Å². The van der Waals surface area contributed by atoms with E-state index < -0.39 is 94.6 Å². The first-order valence-corrected chi connectivity index (χ1v) is 14.1. The van der Waals surface area contributed by atoms with Crippen LogP contribution < -0.4 is 0 Å². The van der Waals surface area contributed by atoms with Crippen LogP contribution in [0.5, 0.6) is 0 Å². The van der Waals surface area contributed by atoms with Gasteiger partial charge in [-0.3, -0.25) is 24.0 Å². The number of esters is 5. The second-order valence-corrected chi connectivity index (χ2v) is 13.1. The Kier molecular flexibility index (Phi) is 7.86. The average molecular weight is 579 g/mol. The number of fused-ring (bicyclic) bond motifs is 3. The number of aliphatic hydroxyl groups is 1. The maximum absolute atomic E-state index is 12.7. The van der Waals surface area contributed by atoms with Gasteiger partial charge >= 0.3 is 29.8 Å². The van der Waals surface area contributed by atoms with Crippen molar-refractivity contribution >= 4 is 29.8 Å². The van der Waals surface area contributed by atoms with Gasteiger partial charge in [0.05, 0.1) is 11.5 Å². The molecule has 4 rings (SSSR count). The molecule has 0 saturated heterocycles. The molecule has 0 unspecified atom stereocenters. The molecule has 0 amide bonds. The van der Waals surface area contributed by atoms with Crippen LogP contribution >= 0.6 is 0 Å². The maximum Gasteiger partial charge on any atom is 0.303 e. The Morgan fingerprint density at radius 2 is 1.29 bits per heavy atom. The zero-order chi connectivity index (χ0) is 30.8. The number of rotatable bonds is 5. The molecule has 0 aliphatic heterocycles. The number of carbonyl (C=O) groups is 5. The average Bonchev–Trinajstić information content (AvgIpc) is 3.00. The molecule has 11 atom stereocenters. The Morgan fingerprint density at radius 1 is 0.756 bits per heavy atom. The summed E-state index contributed by atoms with van der Waals surface area (Å²) in [5, 5.41) is 11.4. The molecule has 0 radical (unpaired) electrons. The fourth-order valence-electron chi connectivity index (χ4n) is 9.29. The van der Waals surface area contributed by atoms with E-state index in [4.69, 9.17) is 23.7 Å². The topological polar surface area (TPSA) is 152 Å². The fourth-order valence-corrected chi connectivity index (χ4v) is 9.29. The third-order valence-electron chi connectivity index (χ3n) is 10.2. The molecule has 4 fully saturated rings. The van der Waals surface area contributed by atoms with Crippen molar-refractivity contribution in [3.8, 4) is 0 Å². The predicted molar refractivity (Wildman–Crippen MR) is 142 cm³/mol. The monoisotopic (exact) mass is 578 g/mol. The van der Waals surface area contributed by atoms with Gasteiger partial charge in [0.1, 0.15) is 30.5 Å². The Balaban J connectivity index is 2.13. The van der Waals surface area contributed by atoms with Gasteiger partial charge in [0.25, 0.3) is 0 Å². The second kappa shape index (κ2) is 10.4. The highest BCUT2D eigenvalue weighted by molar-refractivity contribution is 5.69. The van der Waals surface area contributed by atoms with Crippen molar-refractivity contribution in [3.63, 3.8) is 0 Å². The van der Waals surface area contributed by atoms with Crippen LogP contribution in [0.25, 0.3) is 0 Å². The lowest BCUT2D eigenvalue weighted by molar-refractivity contribution is -0.325. The molecule has 11 heteroatoms. The van der Waals surface area contributed by atoms with Crippen LogP contribution in [0.4, 0.5) is 0 Å². The smallest absolute Gasteiger partial charge is 0.303 e. The molecule has 2 bridgehead atoms. The van der Waals surface area contributed by atoms with Crippen molar-refractivity contribution in [1.82, 2.24) is 0 Å². The van der Waals surface area contributed by atoms with Gasteiger partial charge in [-0.05, 0) is 29.7 Å². The molecule has 11 nitrogen and oxygen atoms in total. The lowest BCUT2D eigenvalue weighted by atomic mass is 9.37. The van der Waals surface area contributed by atoms with E-state index in [1.807, 2.05) is 20.8 Å². The van der Waals surface area contributed by atoms with Crippen LogP contribution in [0.2, 0.25) is 0 Å². The van der Waals surface area contributed by atoms with Crippen molar-refractivity contribution in [1.29, 1.82) is 0 Å². The van der Waals surface area contributed by atoms with Crippen LogP contribution in [0.1, 0.15) is 74.7 Å². The zero-order valence-electron chi connectivity index (χ0n) is 25.1. The van der Waals surface area contributed by atoms with E-state index in [1.165, 1.54) is 34.6 Å². The first kappa shape index (κ1) is 31.0. The van der Waals surface area contributed by atoms with Crippen LogP contribution in [-0.2, 0) is 47.7 Å². The van der Waals surface area contributed by atoms with Crippen LogP contribution in [0.15, 0.2) is 12.2 Å². The first-order valence-electron chi connectivity index (χ1n) is 14.1. The van der Waals surface area contributed by atoms with E-state index >= 15 is 0 Å². The number of ether oxygens (including phenoxy) is 5. The lowest BCUT2D eigenvalue weighted by Gasteiger charge is -2.70. The van der Waals surface area contributed by atoms with E-state index in [1.54, 1.807) is 0 Å². The molecular formula is C30H42O11. The van der Waals surface area contributed by atoms with Gasteiger partial charge in [0.15, 0.2) is 0 Å². The molecule has 228 valence electrons. The predicted octanol–water partition coefficient (Wildman–Crippen LogP) is 2.65. The van der Waals surface area contributed by atoms with E-state index in [0.717, 1.165) is 0 Å². The van der Waals surface area contributed by atoms with Crippen molar-refractivity contribution in [3.05, 3.63) is 12.2 Å². The highest BCUT2D eigenvalue weighted by Gasteiger charge is 2.80. The Bertz CT molecular complexity index is 1160. The molecule has 0 aromatic rings. The van der Waals surface area contributed by atoms with Crippen molar-refractivity contribution in [2.24, 2.45) is 34.0 Å². The fraction of sp³-hybridized carbons (Fsp3) is 0.767. The Labute approximate surface area is 240 Å². The standard InChI is InChI=1S/C30H42O11/c1-13-19-10-20(37-14(2)31)24-29(9)22(38-15(3)32)11-21(36)28(7,8)25(29)23(39-16(4)33)27(41-18(6)35)30(24,12-19)26(13)40-17(5)34/h19-27,36H,1,10-12H2,2-9H3/t19-,20+,21+,22+,23+,24+,25-,26-,27-,29+,30+/m1/s1. The minimum absolute atomic E-state index is 0.0621. The third kappa shape index (κ3) is 4.73. The molecule has 0 aromatic heterocycles. The van der Waals surface area contributed by atoms with Crippen LogP contribution in [-0.4, -0.2) is 71.6 Å². The summed E-state index contributed by atoms with van der Waals surface area (Å²) >= 11 is 0. The van der Waals surface area contributed by atoms with Crippen molar-refractivity contribution in [2.75, 3.05) is 0 Å². The summed E-state index contributed by atoms with van der Waals surface area (Å²) in [5.74, 6) is -4.75. The van der Waals surface area contributed by atoms with Crippen molar-refractivity contribution < 1.29 is 52.8 Å². The summed E-state index contributed by atoms with van der Waals surface area (Å²) in [5.41, 5.74) is -2.77. The lowest BCUT2D eigenvalue weighted by Crippen LogP contribution is -2.77. The molecule has 0 heterocycles. The molecule has 4 saturated carbocycles. The summed E-state index contributed by atoms with van der Waals surface area (Å²) in [6, 6.07) is 0. The summed E-state index contributed by atoms with van der Waals surface area (Å²) in [4.78, 5) is 63.0.